The van der Waals surface area contributed by atoms with Crippen molar-refractivity contribution in [2.24, 2.45) is 0 Å². The number of hydrogen-bond donors (Lipinski definition) is 3. The standard InChI is InChI=1S/C27H20F2N4O.C26H17ClF2N4O.C26H18F2N4O.CH4/c1-16-8-11-18(12-9-16)31-27(34)25-17(2)10-13-22(32-25)19-6-4-14-33-23(19)15-30-26(33)20-5-3-7-21(28)24(20)29;1-15-7-9-16(10-8-15)31-26(34)24-19(27)11-12-21(32-24)17-5-3-13-33-22(17)14-30-25(33)18-4-2-6-20(28)23(18)29;1-16-10-12-17(13-11-16)30-26(33)22-9-3-8-21(31-22)18-6-4-14-32-23(18)15-29-25(32)19-5-2-7-20(27)24(19)28;/h3-15H,1-2H3,(H,31,34);2-14H,1H3,(H,31,34);2-15H,1H3,(H,30,33);1H4. The van der Waals surface area contributed by atoms with Crippen LogP contribution in [0.4, 0.5) is 43.4 Å². The van der Waals surface area contributed by atoms with Crippen LogP contribution in [-0.4, -0.2) is 60.8 Å². The van der Waals surface area contributed by atoms with Gasteiger partial charge in [0.05, 0.1) is 73.9 Å². The summed E-state index contributed by atoms with van der Waals surface area (Å²) in [5.41, 5.74) is 12.4. The van der Waals surface area contributed by atoms with E-state index < -0.39 is 40.8 Å². The second-order valence-corrected chi connectivity index (χ2v) is 23.7. The highest BCUT2D eigenvalue weighted by molar-refractivity contribution is 6.34. The van der Waals surface area contributed by atoms with Crippen molar-refractivity contribution in [3.05, 3.63) is 323 Å². The van der Waals surface area contributed by atoms with Crippen molar-refractivity contribution in [1.82, 2.24) is 43.1 Å². The smallest absolute Gasteiger partial charge is 0.275 e. The van der Waals surface area contributed by atoms with Crippen LogP contribution in [-0.2, 0) is 0 Å². The Labute approximate surface area is 585 Å². The van der Waals surface area contributed by atoms with Crippen molar-refractivity contribution in [3.63, 3.8) is 0 Å². The van der Waals surface area contributed by atoms with E-state index in [-0.39, 0.29) is 69.8 Å². The molecule has 0 radical (unpaired) electrons. The highest BCUT2D eigenvalue weighted by Gasteiger charge is 2.23. The minimum Gasteiger partial charge on any atom is -0.321 e. The van der Waals surface area contributed by atoms with Gasteiger partial charge in [-0.3, -0.25) is 27.6 Å². The van der Waals surface area contributed by atoms with Crippen molar-refractivity contribution in [2.75, 3.05) is 16.0 Å². The monoisotopic (exact) mass is 1380 g/mol. The van der Waals surface area contributed by atoms with Gasteiger partial charge in [-0.2, -0.15) is 0 Å². The number of halogens is 7. The molecule has 0 aliphatic rings. The lowest BCUT2D eigenvalue weighted by atomic mass is 10.1. The number of nitrogens with zero attached hydrogens (tertiary/aromatic N) is 9. The number of fused-ring (bicyclic) bond motifs is 3. The van der Waals surface area contributed by atoms with Gasteiger partial charge in [0.1, 0.15) is 34.6 Å². The molecule has 15 rings (SSSR count). The molecule has 0 saturated carbocycles. The molecule has 0 aliphatic carbocycles. The molecule has 0 fully saturated rings. The molecule has 15 nitrogen and oxygen atoms in total. The third-order valence-corrected chi connectivity index (χ3v) is 16.7. The molecule has 102 heavy (non-hydrogen) atoms. The van der Waals surface area contributed by atoms with Crippen LogP contribution in [0.1, 0.15) is 61.1 Å². The molecule has 0 atom stereocenters. The van der Waals surface area contributed by atoms with E-state index in [0.29, 0.717) is 73.1 Å². The average molecular weight is 1390 g/mol. The summed E-state index contributed by atoms with van der Waals surface area (Å²) >= 11 is 6.29. The predicted molar refractivity (Wildman–Crippen MR) is 385 cm³/mol. The summed E-state index contributed by atoms with van der Waals surface area (Å²) in [6.45, 7) is 7.73. The number of carbonyl (C=O) groups is 3. The lowest BCUT2D eigenvalue weighted by molar-refractivity contribution is 0.101. The first-order valence-electron chi connectivity index (χ1n) is 31.3. The zero-order valence-electron chi connectivity index (χ0n) is 54.0. The number of pyridine rings is 6. The quantitative estimate of drug-likeness (QED) is 0.100. The maximum absolute atomic E-state index is 14.4. The Hall–Kier alpha value is -12.9. The van der Waals surface area contributed by atoms with Gasteiger partial charge in [0.15, 0.2) is 34.9 Å². The van der Waals surface area contributed by atoms with Gasteiger partial charge in [0, 0.05) is 52.3 Å². The first-order valence-corrected chi connectivity index (χ1v) is 31.7. The Morgan fingerprint density at radius 3 is 1.09 bits per heavy atom. The third-order valence-electron chi connectivity index (χ3n) is 16.4. The molecule has 22 heteroatoms. The Morgan fingerprint density at radius 2 is 0.686 bits per heavy atom. The third kappa shape index (κ3) is 14.4. The fourth-order valence-electron chi connectivity index (χ4n) is 11.2. The minimum atomic E-state index is -0.972. The highest BCUT2D eigenvalue weighted by atomic mass is 35.5. The van der Waals surface area contributed by atoms with Gasteiger partial charge in [0.2, 0.25) is 0 Å². The topological polar surface area (TPSA) is 178 Å². The normalized spacial score (nSPS) is 10.9. The van der Waals surface area contributed by atoms with E-state index in [1.165, 1.54) is 36.4 Å². The number of imidazole rings is 3. The number of benzene rings is 6. The second-order valence-electron chi connectivity index (χ2n) is 23.3. The van der Waals surface area contributed by atoms with Crippen LogP contribution in [0.3, 0.4) is 0 Å². The summed E-state index contributed by atoms with van der Waals surface area (Å²) in [5.74, 6) is -5.99. The Kier molecular flexibility index (Phi) is 20.1. The number of amides is 3. The molecule has 6 aromatic carbocycles. The van der Waals surface area contributed by atoms with E-state index in [4.69, 9.17) is 11.6 Å². The molecule has 15 aromatic rings. The first kappa shape index (κ1) is 69.0. The Bertz CT molecular complexity index is 5450. The number of nitrogens with one attached hydrogen (secondary N) is 3. The summed E-state index contributed by atoms with van der Waals surface area (Å²) in [5, 5.41) is 8.73. The lowest BCUT2D eigenvalue weighted by Gasteiger charge is -2.11. The van der Waals surface area contributed by atoms with E-state index in [2.05, 4.69) is 45.9 Å². The fraction of sp³-hybridized carbons (Fsp3) is 0.0625. The van der Waals surface area contributed by atoms with Crippen molar-refractivity contribution in [2.45, 2.75) is 35.1 Å². The molecule has 0 bridgehead atoms. The number of rotatable bonds is 12. The maximum atomic E-state index is 14.4. The fourth-order valence-corrected chi connectivity index (χ4v) is 11.4. The SMILES string of the molecule is C.Cc1ccc(NC(=O)c2cccc(-c3cccn4c(-c5cccc(F)c5F)ncc34)n2)cc1.Cc1ccc(NC(=O)c2nc(-c3cccn4c(-c5cccc(F)c5F)ncc34)ccc2C)cc1.Cc1ccc(NC(=O)c2nc(-c3cccn4c(-c5cccc(F)c5F)ncc34)ccc2Cl)cc1. The summed E-state index contributed by atoms with van der Waals surface area (Å²) in [6.07, 6.45) is 9.87. The van der Waals surface area contributed by atoms with E-state index in [0.717, 1.165) is 40.5 Å². The van der Waals surface area contributed by atoms with Gasteiger partial charge in [-0.25, -0.2) is 56.2 Å². The van der Waals surface area contributed by atoms with Crippen LogP contribution in [0.15, 0.2) is 243 Å². The van der Waals surface area contributed by atoms with Crippen LogP contribution in [0.5, 0.6) is 0 Å². The van der Waals surface area contributed by atoms with Crippen LogP contribution in [0, 0.1) is 62.6 Å². The molecular formula is C80H59ClF6N12O3. The molecular weight excluding hydrogens is 1330 g/mol. The summed E-state index contributed by atoms with van der Waals surface area (Å²) in [6, 6.07) is 57.2. The summed E-state index contributed by atoms with van der Waals surface area (Å²) < 4.78 is 89.5. The van der Waals surface area contributed by atoms with E-state index >= 15 is 0 Å². The molecule has 9 heterocycles. The van der Waals surface area contributed by atoms with Crippen molar-refractivity contribution < 1.29 is 40.7 Å². The minimum absolute atomic E-state index is 0. The summed E-state index contributed by atoms with van der Waals surface area (Å²) in [4.78, 5) is 65.2. The van der Waals surface area contributed by atoms with Crippen LogP contribution < -0.4 is 16.0 Å². The molecule has 9 aromatic heterocycles. The molecule has 0 aliphatic heterocycles. The largest absolute Gasteiger partial charge is 0.321 e. The van der Waals surface area contributed by atoms with Crippen molar-refractivity contribution >= 4 is 62.9 Å². The summed E-state index contributed by atoms with van der Waals surface area (Å²) in [7, 11) is 0. The van der Waals surface area contributed by atoms with Gasteiger partial charge < -0.3 is 16.0 Å². The lowest BCUT2D eigenvalue weighted by Crippen LogP contribution is -2.15. The Morgan fingerprint density at radius 1 is 0.353 bits per heavy atom. The zero-order chi connectivity index (χ0) is 70.6. The number of aryl methyl sites for hydroxylation is 4. The van der Waals surface area contributed by atoms with Gasteiger partial charge in [0.25, 0.3) is 17.7 Å². The highest BCUT2D eigenvalue weighted by Crippen LogP contribution is 2.35. The molecule has 3 N–H and O–H groups in total. The van der Waals surface area contributed by atoms with Crippen molar-refractivity contribution in [1.29, 1.82) is 0 Å². The number of anilines is 3. The second kappa shape index (κ2) is 29.7. The zero-order valence-corrected chi connectivity index (χ0v) is 54.7. The first-order chi connectivity index (χ1) is 48.8. The number of hydrogen-bond acceptors (Lipinski definition) is 9. The molecule has 0 unspecified atom stereocenters. The van der Waals surface area contributed by atoms with E-state index in [1.54, 1.807) is 117 Å². The molecule has 0 spiro atoms. The Balaban J connectivity index is 0.000000144. The van der Waals surface area contributed by atoms with Crippen molar-refractivity contribution in [3.8, 4) is 67.9 Å². The van der Waals surface area contributed by atoms with E-state index in [9.17, 15) is 40.7 Å². The maximum Gasteiger partial charge on any atom is 0.275 e. The molecule has 3 amide bonds. The predicted octanol–water partition coefficient (Wildman–Crippen LogP) is 19.3. The van der Waals surface area contributed by atoms with E-state index in [1.807, 2.05) is 113 Å². The number of carbonyl (C=O) groups excluding carboxylic acids is 3. The molecule has 0 saturated heterocycles. The number of aromatic nitrogens is 9. The van der Waals surface area contributed by atoms with Crippen LogP contribution in [0.2, 0.25) is 5.02 Å². The van der Waals surface area contributed by atoms with Gasteiger partial charge in [-0.05, 0) is 173 Å². The molecule has 506 valence electrons. The van der Waals surface area contributed by atoms with Gasteiger partial charge in [-0.15, -0.1) is 0 Å². The van der Waals surface area contributed by atoms with Gasteiger partial charge >= 0.3 is 0 Å². The van der Waals surface area contributed by atoms with Crippen LogP contribution >= 0.6 is 11.6 Å². The van der Waals surface area contributed by atoms with Crippen LogP contribution in [0.25, 0.3) is 84.5 Å². The average Bonchev–Trinajstić information content (AvgIpc) is 1.61. The van der Waals surface area contributed by atoms with Gasteiger partial charge in [-0.1, -0.05) is 102 Å².